The number of benzene rings is 2. The molecule has 2 amide bonds. The van der Waals surface area contributed by atoms with Crippen molar-refractivity contribution in [1.82, 2.24) is 10.2 Å². The molecule has 1 aliphatic heterocycles. The van der Waals surface area contributed by atoms with Crippen LogP contribution in [0.4, 0.5) is 5.69 Å². The van der Waals surface area contributed by atoms with Gasteiger partial charge in [0.15, 0.2) is 0 Å². The first-order valence-electron chi connectivity index (χ1n) is 10.4. The van der Waals surface area contributed by atoms with Crippen molar-refractivity contribution in [3.8, 4) is 0 Å². The summed E-state index contributed by atoms with van der Waals surface area (Å²) < 4.78 is 24.9. The molecule has 166 valence electrons. The van der Waals surface area contributed by atoms with Crippen LogP contribution in [0.5, 0.6) is 0 Å². The second-order valence-corrected chi connectivity index (χ2v) is 9.82. The number of amides is 2. The zero-order valence-electron chi connectivity index (χ0n) is 17.9. The van der Waals surface area contributed by atoms with E-state index < -0.39 is 10.0 Å². The van der Waals surface area contributed by atoms with Crippen LogP contribution >= 0.6 is 0 Å². The number of carbonyl (C=O) groups is 2. The van der Waals surface area contributed by atoms with Crippen LogP contribution in [-0.2, 0) is 21.2 Å². The molecule has 3 rings (SSSR count). The van der Waals surface area contributed by atoms with Crippen molar-refractivity contribution in [1.29, 1.82) is 0 Å². The van der Waals surface area contributed by atoms with Gasteiger partial charge in [0.25, 0.3) is 5.91 Å². The fourth-order valence-electron chi connectivity index (χ4n) is 3.62. The zero-order chi connectivity index (χ0) is 22.4. The number of nitrogens with zero attached hydrogens (tertiary/aromatic N) is 1. The Morgan fingerprint density at radius 2 is 1.61 bits per heavy atom. The van der Waals surface area contributed by atoms with E-state index in [4.69, 9.17) is 0 Å². The first-order chi connectivity index (χ1) is 14.7. The minimum Gasteiger partial charge on any atom is -0.353 e. The van der Waals surface area contributed by atoms with Crippen LogP contribution in [0.1, 0.15) is 40.7 Å². The van der Waals surface area contributed by atoms with E-state index in [-0.39, 0.29) is 17.9 Å². The van der Waals surface area contributed by atoms with Crippen molar-refractivity contribution in [2.24, 2.45) is 0 Å². The van der Waals surface area contributed by atoms with Crippen LogP contribution in [0.15, 0.2) is 48.5 Å². The number of sulfonamides is 1. The van der Waals surface area contributed by atoms with E-state index in [1.807, 2.05) is 6.92 Å². The molecule has 31 heavy (non-hydrogen) atoms. The highest BCUT2D eigenvalue weighted by Crippen LogP contribution is 2.17. The Bertz CT molecular complexity index is 1010. The average Bonchev–Trinajstić information content (AvgIpc) is 2.73. The highest BCUT2D eigenvalue weighted by molar-refractivity contribution is 7.92. The number of rotatable bonds is 7. The maximum absolute atomic E-state index is 12.7. The standard InChI is InChI=1S/C23H29N3O4S/c1-17-3-5-18(6-4-17)7-12-22(27)24-20-13-15-26(16-14-20)23(28)19-8-10-21(11-9-19)25-31(2,29)30/h3-6,8-11,20,25H,7,12-16H2,1-2H3,(H,24,27). The minimum absolute atomic E-state index is 0.0410. The molecule has 2 aromatic rings. The molecule has 2 aromatic carbocycles. The van der Waals surface area contributed by atoms with Gasteiger partial charge in [-0.1, -0.05) is 29.8 Å². The van der Waals surface area contributed by atoms with E-state index in [1.54, 1.807) is 29.2 Å². The maximum atomic E-state index is 12.7. The molecule has 1 saturated heterocycles. The predicted octanol–water partition coefficient (Wildman–Crippen LogP) is 2.72. The van der Waals surface area contributed by atoms with Crippen LogP contribution in [-0.4, -0.2) is 50.5 Å². The summed E-state index contributed by atoms with van der Waals surface area (Å²) in [5, 5.41) is 3.09. The minimum atomic E-state index is -3.35. The van der Waals surface area contributed by atoms with Gasteiger partial charge in [-0.25, -0.2) is 8.42 Å². The molecule has 0 unspecified atom stereocenters. The van der Waals surface area contributed by atoms with E-state index in [0.717, 1.165) is 24.7 Å². The van der Waals surface area contributed by atoms with Crippen LogP contribution in [0.2, 0.25) is 0 Å². The van der Waals surface area contributed by atoms with Gasteiger partial charge < -0.3 is 10.2 Å². The smallest absolute Gasteiger partial charge is 0.253 e. The van der Waals surface area contributed by atoms with Crippen molar-refractivity contribution in [2.45, 2.75) is 38.6 Å². The summed E-state index contributed by atoms with van der Waals surface area (Å²) in [5.74, 6) is -0.0469. The maximum Gasteiger partial charge on any atom is 0.253 e. The largest absolute Gasteiger partial charge is 0.353 e. The van der Waals surface area contributed by atoms with Crippen LogP contribution in [0.3, 0.4) is 0 Å². The molecule has 0 spiro atoms. The third-order valence-electron chi connectivity index (χ3n) is 5.34. The molecule has 1 aliphatic rings. The molecular weight excluding hydrogens is 414 g/mol. The third kappa shape index (κ3) is 7.10. The summed E-state index contributed by atoms with van der Waals surface area (Å²) in [7, 11) is -3.35. The van der Waals surface area contributed by atoms with Gasteiger partial charge in [-0.05, 0) is 56.0 Å². The first-order valence-corrected chi connectivity index (χ1v) is 12.3. The molecule has 2 N–H and O–H groups in total. The summed E-state index contributed by atoms with van der Waals surface area (Å²) in [6, 6.07) is 14.7. The second kappa shape index (κ2) is 9.96. The molecule has 8 heteroatoms. The van der Waals surface area contributed by atoms with Gasteiger partial charge in [0.2, 0.25) is 15.9 Å². The Labute approximate surface area is 183 Å². The quantitative estimate of drug-likeness (QED) is 0.688. The van der Waals surface area contributed by atoms with Gasteiger partial charge in [-0.15, -0.1) is 0 Å². The second-order valence-electron chi connectivity index (χ2n) is 8.07. The number of piperidine rings is 1. The molecule has 1 fully saturated rings. The number of aryl methyl sites for hydroxylation is 2. The third-order valence-corrected chi connectivity index (χ3v) is 5.95. The van der Waals surface area contributed by atoms with Crippen molar-refractivity contribution in [3.63, 3.8) is 0 Å². The van der Waals surface area contributed by atoms with Crippen molar-refractivity contribution in [2.75, 3.05) is 24.1 Å². The van der Waals surface area contributed by atoms with Gasteiger partial charge in [0, 0.05) is 36.8 Å². The summed E-state index contributed by atoms with van der Waals surface area (Å²) in [6.45, 7) is 3.19. The molecule has 0 atom stereocenters. The lowest BCUT2D eigenvalue weighted by Crippen LogP contribution is -2.46. The van der Waals surface area contributed by atoms with Crippen LogP contribution < -0.4 is 10.0 Å². The fourth-order valence-corrected chi connectivity index (χ4v) is 4.18. The molecule has 0 bridgehead atoms. The Hall–Kier alpha value is -2.87. The molecule has 0 aliphatic carbocycles. The molecule has 7 nitrogen and oxygen atoms in total. The number of hydrogen-bond donors (Lipinski definition) is 2. The lowest BCUT2D eigenvalue weighted by Gasteiger charge is -2.32. The summed E-state index contributed by atoms with van der Waals surface area (Å²) in [4.78, 5) is 26.8. The average molecular weight is 444 g/mol. The number of carbonyl (C=O) groups excluding carboxylic acids is 2. The van der Waals surface area contributed by atoms with Gasteiger partial charge >= 0.3 is 0 Å². The summed E-state index contributed by atoms with van der Waals surface area (Å²) >= 11 is 0. The van der Waals surface area contributed by atoms with E-state index in [2.05, 4.69) is 34.3 Å². The van der Waals surface area contributed by atoms with Crippen LogP contribution in [0.25, 0.3) is 0 Å². The number of anilines is 1. The first kappa shape index (κ1) is 22.8. The Balaban J connectivity index is 1.43. The van der Waals surface area contributed by atoms with E-state index in [1.165, 1.54) is 5.56 Å². The Morgan fingerprint density at radius 1 is 1.00 bits per heavy atom. The van der Waals surface area contributed by atoms with Gasteiger partial charge in [0.05, 0.1) is 6.26 Å². The van der Waals surface area contributed by atoms with E-state index in [9.17, 15) is 18.0 Å². The summed E-state index contributed by atoms with van der Waals surface area (Å²) in [6.07, 6.45) is 3.69. The predicted molar refractivity (Wildman–Crippen MR) is 121 cm³/mol. The Morgan fingerprint density at radius 3 is 2.19 bits per heavy atom. The topological polar surface area (TPSA) is 95.6 Å². The number of nitrogens with one attached hydrogen (secondary N) is 2. The normalized spacial score (nSPS) is 14.8. The lowest BCUT2D eigenvalue weighted by atomic mass is 10.0. The lowest BCUT2D eigenvalue weighted by molar-refractivity contribution is -0.122. The number of likely N-dealkylation sites (tertiary alicyclic amines) is 1. The van der Waals surface area contributed by atoms with Crippen molar-refractivity contribution < 1.29 is 18.0 Å². The molecular formula is C23H29N3O4S. The van der Waals surface area contributed by atoms with Crippen LogP contribution in [0, 0.1) is 6.92 Å². The van der Waals surface area contributed by atoms with Gasteiger partial charge in [0.1, 0.15) is 0 Å². The van der Waals surface area contributed by atoms with Crippen molar-refractivity contribution in [3.05, 3.63) is 65.2 Å². The fraction of sp³-hybridized carbons (Fsp3) is 0.391. The molecule has 1 heterocycles. The molecule has 0 radical (unpaired) electrons. The van der Waals surface area contributed by atoms with E-state index >= 15 is 0 Å². The van der Waals surface area contributed by atoms with Gasteiger partial charge in [-0.2, -0.15) is 0 Å². The van der Waals surface area contributed by atoms with Gasteiger partial charge in [-0.3, -0.25) is 14.3 Å². The SMILES string of the molecule is Cc1ccc(CCC(=O)NC2CCN(C(=O)c3ccc(NS(C)(=O)=O)cc3)CC2)cc1. The molecule has 0 aromatic heterocycles. The Kier molecular flexibility index (Phi) is 7.33. The van der Waals surface area contributed by atoms with Crippen molar-refractivity contribution >= 4 is 27.5 Å². The van der Waals surface area contributed by atoms with E-state index in [0.29, 0.717) is 37.2 Å². The summed E-state index contributed by atoms with van der Waals surface area (Å²) in [5.41, 5.74) is 3.29. The molecule has 0 saturated carbocycles. The zero-order valence-corrected chi connectivity index (χ0v) is 18.7. The highest BCUT2D eigenvalue weighted by Gasteiger charge is 2.24. The monoisotopic (exact) mass is 443 g/mol. The highest BCUT2D eigenvalue weighted by atomic mass is 32.2. The number of hydrogen-bond acceptors (Lipinski definition) is 4.